The molecule has 1 N–H and O–H groups in total. The summed E-state index contributed by atoms with van der Waals surface area (Å²) in [6.45, 7) is 3.63. The molecule has 6 heteroatoms. The van der Waals surface area contributed by atoms with Crippen LogP contribution in [-0.2, 0) is 24.3 Å². The fourth-order valence-electron chi connectivity index (χ4n) is 3.13. The van der Waals surface area contributed by atoms with Crippen LogP contribution in [0, 0.1) is 5.92 Å². The second kappa shape index (κ2) is 5.91. The molecular weight excluding hydrogens is 254 g/mol. The van der Waals surface area contributed by atoms with Crippen LogP contribution < -0.4 is 5.32 Å². The summed E-state index contributed by atoms with van der Waals surface area (Å²) in [6, 6.07) is 0. The van der Waals surface area contributed by atoms with Crippen LogP contribution in [0.1, 0.15) is 37.3 Å². The third-order valence-corrected chi connectivity index (χ3v) is 4.35. The van der Waals surface area contributed by atoms with E-state index in [-0.39, 0.29) is 5.91 Å². The van der Waals surface area contributed by atoms with Crippen molar-refractivity contribution in [3.63, 3.8) is 0 Å². The van der Waals surface area contributed by atoms with Gasteiger partial charge in [0.15, 0.2) is 5.82 Å². The maximum Gasteiger partial charge on any atom is 0.223 e. The number of carbonyl (C=O) groups excluding carboxylic acids is 1. The molecule has 110 valence electrons. The molecule has 1 fully saturated rings. The first kappa shape index (κ1) is 13.5. The first-order valence-corrected chi connectivity index (χ1v) is 7.59. The van der Waals surface area contributed by atoms with E-state index in [1.54, 1.807) is 4.90 Å². The third-order valence-electron chi connectivity index (χ3n) is 4.35. The summed E-state index contributed by atoms with van der Waals surface area (Å²) in [4.78, 5) is 14.1. The first-order valence-electron chi connectivity index (χ1n) is 7.59. The molecule has 2 aliphatic rings. The lowest BCUT2D eigenvalue weighted by molar-refractivity contribution is -0.131. The van der Waals surface area contributed by atoms with Crippen LogP contribution in [0.5, 0.6) is 0 Å². The summed E-state index contributed by atoms with van der Waals surface area (Å²) in [5, 5.41) is 11.8. The summed E-state index contributed by atoms with van der Waals surface area (Å²) >= 11 is 0. The molecule has 6 nitrogen and oxygen atoms in total. The molecule has 0 spiro atoms. The van der Waals surface area contributed by atoms with Gasteiger partial charge < -0.3 is 14.8 Å². The van der Waals surface area contributed by atoms with Crippen LogP contribution in [0.15, 0.2) is 0 Å². The standard InChI is InChI=1S/C14H23N5O/c1-18(14(20)8-11-4-2-6-15-9-11)10-13-17-16-12-5-3-7-19(12)13/h11,15H,2-10H2,1H3. The van der Waals surface area contributed by atoms with Gasteiger partial charge in [-0.15, -0.1) is 10.2 Å². The molecule has 3 rings (SSSR count). The SMILES string of the molecule is CN(Cc1nnc2n1CCC2)C(=O)CC1CCCNC1. The number of fused-ring (bicyclic) bond motifs is 1. The van der Waals surface area contributed by atoms with E-state index in [0.29, 0.717) is 18.9 Å². The van der Waals surface area contributed by atoms with E-state index in [4.69, 9.17) is 0 Å². The number of aromatic nitrogens is 3. The van der Waals surface area contributed by atoms with Crippen molar-refractivity contribution in [2.75, 3.05) is 20.1 Å². The summed E-state index contributed by atoms with van der Waals surface area (Å²) in [5.74, 6) is 2.70. The Morgan fingerprint density at radius 3 is 3.15 bits per heavy atom. The molecule has 0 saturated carbocycles. The lowest BCUT2D eigenvalue weighted by atomic mass is 9.96. The summed E-state index contributed by atoms with van der Waals surface area (Å²) in [5.41, 5.74) is 0. The highest BCUT2D eigenvalue weighted by atomic mass is 16.2. The number of carbonyl (C=O) groups is 1. The van der Waals surface area contributed by atoms with Crippen molar-refractivity contribution in [3.8, 4) is 0 Å². The van der Waals surface area contributed by atoms with Gasteiger partial charge in [-0.1, -0.05) is 0 Å². The summed E-state index contributed by atoms with van der Waals surface area (Å²) in [7, 11) is 1.87. The topological polar surface area (TPSA) is 63.1 Å². The predicted octanol–water partition coefficient (Wildman–Crippen LogP) is 0.572. The van der Waals surface area contributed by atoms with Gasteiger partial charge in [-0.2, -0.15) is 0 Å². The van der Waals surface area contributed by atoms with Crippen LogP contribution in [0.4, 0.5) is 0 Å². The maximum atomic E-state index is 12.3. The zero-order chi connectivity index (χ0) is 13.9. The highest BCUT2D eigenvalue weighted by Gasteiger charge is 2.22. The Balaban J connectivity index is 1.55. The smallest absolute Gasteiger partial charge is 0.223 e. The van der Waals surface area contributed by atoms with Crippen LogP contribution in [0.25, 0.3) is 0 Å². The van der Waals surface area contributed by atoms with Crippen LogP contribution >= 0.6 is 0 Å². The number of amides is 1. The van der Waals surface area contributed by atoms with Crippen molar-refractivity contribution < 1.29 is 4.79 Å². The van der Waals surface area contributed by atoms with Crippen LogP contribution in [-0.4, -0.2) is 45.7 Å². The van der Waals surface area contributed by atoms with Gasteiger partial charge in [-0.05, 0) is 38.3 Å². The predicted molar refractivity (Wildman–Crippen MR) is 75.0 cm³/mol. The van der Waals surface area contributed by atoms with E-state index in [0.717, 1.165) is 50.5 Å². The average molecular weight is 277 g/mol. The summed E-state index contributed by atoms with van der Waals surface area (Å²) in [6.07, 6.45) is 5.14. The Morgan fingerprint density at radius 2 is 2.35 bits per heavy atom. The Kier molecular flexibility index (Phi) is 4.00. The Bertz CT molecular complexity index is 478. The molecular formula is C14H23N5O. The van der Waals surface area contributed by atoms with Gasteiger partial charge in [-0.25, -0.2) is 0 Å². The van der Waals surface area contributed by atoms with Crippen molar-refractivity contribution in [1.82, 2.24) is 25.0 Å². The second-order valence-corrected chi connectivity index (χ2v) is 5.95. The minimum Gasteiger partial charge on any atom is -0.338 e. The number of hydrogen-bond acceptors (Lipinski definition) is 4. The van der Waals surface area contributed by atoms with Crippen LogP contribution in [0.3, 0.4) is 0 Å². The van der Waals surface area contributed by atoms with Gasteiger partial charge in [0.25, 0.3) is 0 Å². The molecule has 0 aliphatic carbocycles. The molecule has 1 amide bonds. The van der Waals surface area contributed by atoms with E-state index >= 15 is 0 Å². The van der Waals surface area contributed by atoms with Gasteiger partial charge >= 0.3 is 0 Å². The molecule has 20 heavy (non-hydrogen) atoms. The normalized spacial score (nSPS) is 21.8. The molecule has 3 heterocycles. The maximum absolute atomic E-state index is 12.3. The van der Waals surface area contributed by atoms with Gasteiger partial charge in [0, 0.05) is 26.4 Å². The molecule has 1 atom stereocenters. The van der Waals surface area contributed by atoms with Gasteiger partial charge in [-0.3, -0.25) is 4.79 Å². The largest absolute Gasteiger partial charge is 0.338 e. The second-order valence-electron chi connectivity index (χ2n) is 5.95. The molecule has 0 radical (unpaired) electrons. The number of hydrogen-bond donors (Lipinski definition) is 1. The monoisotopic (exact) mass is 277 g/mol. The van der Waals surface area contributed by atoms with Gasteiger partial charge in [0.2, 0.25) is 5.91 Å². The molecule has 0 aromatic carbocycles. The Morgan fingerprint density at radius 1 is 1.45 bits per heavy atom. The number of nitrogens with one attached hydrogen (secondary N) is 1. The minimum absolute atomic E-state index is 0.217. The lowest BCUT2D eigenvalue weighted by Gasteiger charge is -2.24. The molecule has 1 saturated heterocycles. The highest BCUT2D eigenvalue weighted by Crippen LogP contribution is 2.17. The number of aryl methyl sites for hydroxylation is 1. The number of piperidine rings is 1. The van der Waals surface area contributed by atoms with E-state index in [1.807, 2.05) is 7.05 Å². The van der Waals surface area contributed by atoms with Crippen molar-refractivity contribution >= 4 is 5.91 Å². The molecule has 0 bridgehead atoms. The fraction of sp³-hybridized carbons (Fsp3) is 0.786. The van der Waals surface area contributed by atoms with Crippen molar-refractivity contribution in [3.05, 3.63) is 11.6 Å². The van der Waals surface area contributed by atoms with E-state index in [1.165, 1.54) is 6.42 Å². The first-order chi connectivity index (χ1) is 9.74. The lowest BCUT2D eigenvalue weighted by Crippen LogP contribution is -2.35. The van der Waals surface area contributed by atoms with Crippen molar-refractivity contribution in [2.24, 2.45) is 5.92 Å². The fourth-order valence-corrected chi connectivity index (χ4v) is 3.13. The third kappa shape index (κ3) is 2.85. The Labute approximate surface area is 119 Å². The quantitative estimate of drug-likeness (QED) is 0.874. The van der Waals surface area contributed by atoms with Crippen LogP contribution in [0.2, 0.25) is 0 Å². The minimum atomic E-state index is 0.217. The Hall–Kier alpha value is -1.43. The van der Waals surface area contributed by atoms with Gasteiger partial charge in [0.05, 0.1) is 6.54 Å². The van der Waals surface area contributed by atoms with E-state index in [9.17, 15) is 4.79 Å². The zero-order valence-corrected chi connectivity index (χ0v) is 12.1. The van der Waals surface area contributed by atoms with Crippen molar-refractivity contribution in [1.29, 1.82) is 0 Å². The number of rotatable bonds is 4. The van der Waals surface area contributed by atoms with Gasteiger partial charge in [0.1, 0.15) is 5.82 Å². The van der Waals surface area contributed by atoms with Crippen molar-refractivity contribution in [2.45, 2.75) is 45.2 Å². The average Bonchev–Trinajstić information content (AvgIpc) is 3.05. The number of nitrogens with zero attached hydrogens (tertiary/aromatic N) is 4. The molecule has 1 aromatic rings. The zero-order valence-electron chi connectivity index (χ0n) is 12.1. The van der Waals surface area contributed by atoms with E-state index in [2.05, 4.69) is 20.1 Å². The highest BCUT2D eigenvalue weighted by molar-refractivity contribution is 5.76. The summed E-state index contributed by atoms with van der Waals surface area (Å²) < 4.78 is 2.16. The molecule has 1 aromatic heterocycles. The molecule has 1 unspecified atom stereocenters. The van der Waals surface area contributed by atoms with E-state index < -0.39 is 0 Å². The molecule has 2 aliphatic heterocycles.